The topological polar surface area (TPSA) is 88.3 Å². The summed E-state index contributed by atoms with van der Waals surface area (Å²) >= 11 is 0. The average Bonchev–Trinajstić information content (AvgIpc) is 3.28. The van der Waals surface area contributed by atoms with Gasteiger partial charge in [-0.3, -0.25) is 19.6 Å². The molecule has 1 unspecified atom stereocenters. The van der Waals surface area contributed by atoms with Crippen LogP contribution >= 0.6 is 0 Å². The molecule has 4 heterocycles. The number of carbonyl (C=O) groups excluding carboxylic acids is 2. The van der Waals surface area contributed by atoms with Crippen LogP contribution in [0.5, 0.6) is 0 Å². The standard InChI is InChI=1S/C23H21F3N4O3/c24-23(25,26)15-2-6-28-17(10-15)21(32)30-7-3-22(4-8-30)11-16(22)12-29-20(31)18-9-14-1-5-27-13-19(14)33-18/h1-2,5-6,9-10,13,16H,3-4,7-8,11-12H2,(H,29,31). The number of halogens is 3. The smallest absolute Gasteiger partial charge is 0.416 e. The third kappa shape index (κ3) is 4.17. The number of hydrogen-bond donors (Lipinski definition) is 1. The molecular formula is C23H21F3N4O3. The zero-order chi connectivity index (χ0) is 23.2. The molecule has 172 valence electrons. The lowest BCUT2D eigenvalue weighted by molar-refractivity contribution is -0.137. The number of likely N-dealkylation sites (tertiary alicyclic amines) is 1. The van der Waals surface area contributed by atoms with Gasteiger partial charge in [0.05, 0.1) is 11.8 Å². The molecule has 1 saturated carbocycles. The van der Waals surface area contributed by atoms with Gasteiger partial charge in [0.25, 0.3) is 11.8 Å². The molecular weight excluding hydrogens is 437 g/mol. The van der Waals surface area contributed by atoms with Gasteiger partial charge in [-0.05, 0) is 54.9 Å². The average molecular weight is 458 g/mol. The number of amides is 2. The maximum Gasteiger partial charge on any atom is 0.416 e. The Bertz CT molecular complexity index is 1180. The Balaban J connectivity index is 1.14. The number of alkyl halides is 3. The number of aromatic nitrogens is 2. The quantitative estimate of drug-likeness (QED) is 0.641. The lowest BCUT2D eigenvalue weighted by Gasteiger charge is -2.33. The normalized spacial score (nSPS) is 19.6. The molecule has 10 heteroatoms. The summed E-state index contributed by atoms with van der Waals surface area (Å²) in [7, 11) is 0. The van der Waals surface area contributed by atoms with Crippen LogP contribution in [0.15, 0.2) is 47.3 Å². The first kappa shape index (κ1) is 21.4. The maximum absolute atomic E-state index is 12.9. The summed E-state index contributed by atoms with van der Waals surface area (Å²) < 4.78 is 44.3. The van der Waals surface area contributed by atoms with Gasteiger partial charge in [0.2, 0.25) is 0 Å². The highest BCUT2D eigenvalue weighted by atomic mass is 19.4. The molecule has 1 aliphatic heterocycles. The molecule has 1 aliphatic carbocycles. The van der Waals surface area contributed by atoms with Crippen LogP contribution in [-0.4, -0.2) is 46.3 Å². The van der Waals surface area contributed by atoms with E-state index < -0.39 is 17.6 Å². The molecule has 5 rings (SSSR count). The van der Waals surface area contributed by atoms with Gasteiger partial charge < -0.3 is 14.6 Å². The Morgan fingerprint density at radius 1 is 1.18 bits per heavy atom. The van der Waals surface area contributed by atoms with Crippen LogP contribution in [0.1, 0.15) is 45.9 Å². The fourth-order valence-corrected chi connectivity index (χ4v) is 4.67. The van der Waals surface area contributed by atoms with Gasteiger partial charge in [-0.25, -0.2) is 0 Å². The van der Waals surface area contributed by atoms with Crippen LogP contribution in [-0.2, 0) is 6.18 Å². The van der Waals surface area contributed by atoms with Crippen molar-refractivity contribution >= 4 is 22.8 Å². The van der Waals surface area contributed by atoms with Crippen molar-refractivity contribution in [2.24, 2.45) is 11.3 Å². The van der Waals surface area contributed by atoms with Crippen LogP contribution in [0.4, 0.5) is 13.2 Å². The van der Waals surface area contributed by atoms with E-state index in [1.807, 2.05) is 0 Å². The first-order valence-electron chi connectivity index (χ1n) is 10.7. The molecule has 7 nitrogen and oxygen atoms in total. The summed E-state index contributed by atoms with van der Waals surface area (Å²) in [6, 6.07) is 5.11. The van der Waals surface area contributed by atoms with Crippen LogP contribution in [0.2, 0.25) is 0 Å². The van der Waals surface area contributed by atoms with E-state index in [0.717, 1.165) is 43.0 Å². The number of carbonyl (C=O) groups is 2. The second-order valence-electron chi connectivity index (χ2n) is 8.72. The number of nitrogens with one attached hydrogen (secondary N) is 1. The van der Waals surface area contributed by atoms with Gasteiger partial charge in [-0.1, -0.05) is 0 Å². The van der Waals surface area contributed by atoms with E-state index in [4.69, 9.17) is 4.42 Å². The summed E-state index contributed by atoms with van der Waals surface area (Å²) in [5.74, 6) is -0.226. The fourth-order valence-electron chi connectivity index (χ4n) is 4.67. The Morgan fingerprint density at radius 2 is 1.97 bits per heavy atom. The number of rotatable bonds is 4. The van der Waals surface area contributed by atoms with Gasteiger partial charge in [0.15, 0.2) is 11.3 Å². The molecule has 2 amide bonds. The Morgan fingerprint density at radius 3 is 2.70 bits per heavy atom. The van der Waals surface area contributed by atoms with Crippen molar-refractivity contribution in [2.75, 3.05) is 19.6 Å². The van der Waals surface area contributed by atoms with Crippen molar-refractivity contribution < 1.29 is 27.2 Å². The highest BCUT2D eigenvalue weighted by molar-refractivity contribution is 5.96. The summed E-state index contributed by atoms with van der Waals surface area (Å²) in [5, 5.41) is 3.73. The molecule has 1 atom stereocenters. The first-order chi connectivity index (χ1) is 15.7. The highest BCUT2D eigenvalue weighted by Crippen LogP contribution is 2.59. The molecule has 1 N–H and O–H groups in total. The molecule has 1 spiro atoms. The molecule has 1 saturated heterocycles. The third-order valence-corrected chi connectivity index (χ3v) is 6.77. The Hall–Kier alpha value is -3.43. The lowest BCUT2D eigenvalue weighted by Crippen LogP contribution is -2.40. The van der Waals surface area contributed by atoms with Gasteiger partial charge in [0, 0.05) is 37.4 Å². The fraction of sp³-hybridized carbons (Fsp3) is 0.391. The minimum absolute atomic E-state index is 0.0586. The van der Waals surface area contributed by atoms with Crippen LogP contribution < -0.4 is 5.32 Å². The molecule has 2 aliphatic rings. The summed E-state index contributed by atoms with van der Waals surface area (Å²) in [6.07, 6.45) is 2.12. The van der Waals surface area contributed by atoms with Crippen molar-refractivity contribution in [3.8, 4) is 0 Å². The summed E-state index contributed by atoms with van der Waals surface area (Å²) in [4.78, 5) is 34.5. The van der Waals surface area contributed by atoms with Gasteiger partial charge in [-0.2, -0.15) is 13.2 Å². The zero-order valence-corrected chi connectivity index (χ0v) is 17.6. The van der Waals surface area contributed by atoms with Gasteiger partial charge in [-0.15, -0.1) is 0 Å². The third-order valence-electron chi connectivity index (χ3n) is 6.77. The molecule has 3 aromatic heterocycles. The number of piperidine rings is 1. The molecule has 0 aromatic carbocycles. The second-order valence-corrected chi connectivity index (χ2v) is 8.72. The molecule has 33 heavy (non-hydrogen) atoms. The number of hydrogen-bond acceptors (Lipinski definition) is 5. The van der Waals surface area contributed by atoms with Gasteiger partial charge in [0.1, 0.15) is 5.69 Å². The monoisotopic (exact) mass is 458 g/mol. The number of fused-ring (bicyclic) bond motifs is 1. The van der Waals surface area contributed by atoms with Crippen LogP contribution in [0.25, 0.3) is 11.0 Å². The predicted octanol–water partition coefficient (Wildman–Crippen LogP) is 3.91. The van der Waals surface area contributed by atoms with Crippen molar-refractivity contribution in [3.63, 3.8) is 0 Å². The summed E-state index contributed by atoms with van der Waals surface area (Å²) in [5.41, 5.74) is -0.462. The Labute approximate surface area is 187 Å². The highest BCUT2D eigenvalue weighted by Gasteiger charge is 2.55. The molecule has 0 radical (unpaired) electrons. The SMILES string of the molecule is O=C(NCC1CC12CCN(C(=O)c1cc(C(F)(F)F)ccn1)CC2)c1cc2ccncc2o1. The van der Waals surface area contributed by atoms with Gasteiger partial charge >= 0.3 is 6.18 Å². The first-order valence-corrected chi connectivity index (χ1v) is 10.7. The lowest BCUT2D eigenvalue weighted by atomic mass is 9.90. The minimum atomic E-state index is -4.52. The second kappa shape index (κ2) is 7.86. The van der Waals surface area contributed by atoms with Crippen molar-refractivity contribution in [1.82, 2.24) is 20.2 Å². The van der Waals surface area contributed by atoms with E-state index in [1.165, 1.54) is 0 Å². The Kier molecular flexibility index (Phi) is 5.10. The maximum atomic E-state index is 12.9. The largest absolute Gasteiger partial charge is 0.449 e. The molecule has 3 aromatic rings. The van der Waals surface area contributed by atoms with E-state index in [2.05, 4.69) is 15.3 Å². The van der Waals surface area contributed by atoms with Crippen LogP contribution in [0.3, 0.4) is 0 Å². The number of furan rings is 1. The van der Waals surface area contributed by atoms with E-state index in [0.29, 0.717) is 31.1 Å². The van der Waals surface area contributed by atoms with Crippen molar-refractivity contribution in [1.29, 1.82) is 0 Å². The zero-order valence-electron chi connectivity index (χ0n) is 17.6. The molecule has 2 fully saturated rings. The van der Waals surface area contributed by atoms with E-state index >= 15 is 0 Å². The van der Waals surface area contributed by atoms with E-state index in [1.54, 1.807) is 29.4 Å². The number of nitrogens with zero attached hydrogens (tertiary/aromatic N) is 3. The van der Waals surface area contributed by atoms with Crippen molar-refractivity contribution in [3.05, 3.63) is 59.9 Å². The molecule has 0 bridgehead atoms. The number of pyridine rings is 2. The van der Waals surface area contributed by atoms with E-state index in [9.17, 15) is 22.8 Å². The predicted molar refractivity (Wildman–Crippen MR) is 111 cm³/mol. The minimum Gasteiger partial charge on any atom is -0.449 e. The van der Waals surface area contributed by atoms with E-state index in [-0.39, 0.29) is 22.8 Å². The van der Waals surface area contributed by atoms with Crippen LogP contribution in [0, 0.1) is 11.3 Å². The van der Waals surface area contributed by atoms with Crippen molar-refractivity contribution in [2.45, 2.75) is 25.4 Å². The summed E-state index contributed by atoms with van der Waals surface area (Å²) in [6.45, 7) is 1.42.